The van der Waals surface area contributed by atoms with Crippen molar-refractivity contribution >= 4 is 0 Å². The van der Waals surface area contributed by atoms with E-state index in [1.165, 1.54) is 13.0 Å². The lowest BCUT2D eigenvalue weighted by Gasteiger charge is -2.38. The summed E-state index contributed by atoms with van der Waals surface area (Å²) in [4.78, 5) is 2.38. The minimum atomic E-state index is 0.407. The zero-order chi connectivity index (χ0) is 11.3. The Morgan fingerprint density at radius 3 is 2.53 bits per heavy atom. The zero-order valence-corrected chi connectivity index (χ0v) is 10.7. The first-order chi connectivity index (χ1) is 7.03. The van der Waals surface area contributed by atoms with E-state index in [9.17, 15) is 0 Å². The van der Waals surface area contributed by atoms with Crippen LogP contribution in [0.3, 0.4) is 0 Å². The van der Waals surface area contributed by atoms with E-state index in [-0.39, 0.29) is 0 Å². The molecule has 1 aliphatic rings. The molecule has 3 nitrogen and oxygen atoms in total. The molecule has 0 unspecified atom stereocenters. The summed E-state index contributed by atoms with van der Waals surface area (Å²) < 4.78 is 5.22. The number of ether oxygens (including phenoxy) is 1. The second kappa shape index (κ2) is 5.83. The number of hydrogen-bond acceptors (Lipinski definition) is 3. The molecule has 90 valence electrons. The van der Waals surface area contributed by atoms with Gasteiger partial charge in [-0.1, -0.05) is 6.92 Å². The van der Waals surface area contributed by atoms with Gasteiger partial charge in [0.1, 0.15) is 0 Å². The Labute approximate surface area is 94.2 Å². The minimum Gasteiger partial charge on any atom is -0.380 e. The van der Waals surface area contributed by atoms with Gasteiger partial charge in [-0.3, -0.25) is 0 Å². The van der Waals surface area contributed by atoms with Gasteiger partial charge in [0, 0.05) is 18.0 Å². The maximum absolute atomic E-state index is 5.22. The van der Waals surface area contributed by atoms with Crippen LogP contribution in [0.4, 0.5) is 0 Å². The third-order valence-corrected chi connectivity index (χ3v) is 3.20. The SMILES string of the molecule is CC(C)N(C)CCCNCC1(C)COC1. The van der Waals surface area contributed by atoms with Crippen molar-refractivity contribution in [2.45, 2.75) is 33.2 Å². The molecule has 1 aliphatic heterocycles. The first-order valence-corrected chi connectivity index (χ1v) is 6.02. The second-order valence-electron chi connectivity index (χ2n) is 5.41. The van der Waals surface area contributed by atoms with E-state index in [0.29, 0.717) is 11.5 Å². The quantitative estimate of drug-likeness (QED) is 0.647. The van der Waals surface area contributed by atoms with E-state index >= 15 is 0 Å². The van der Waals surface area contributed by atoms with Crippen LogP contribution >= 0.6 is 0 Å². The maximum atomic E-state index is 5.22. The summed E-state index contributed by atoms with van der Waals surface area (Å²) in [7, 11) is 2.19. The highest BCUT2D eigenvalue weighted by atomic mass is 16.5. The van der Waals surface area contributed by atoms with Gasteiger partial charge in [0.25, 0.3) is 0 Å². The fourth-order valence-corrected chi connectivity index (χ4v) is 1.65. The smallest absolute Gasteiger partial charge is 0.0554 e. The first-order valence-electron chi connectivity index (χ1n) is 6.02. The first kappa shape index (κ1) is 12.9. The lowest BCUT2D eigenvalue weighted by molar-refractivity contribution is -0.0989. The summed E-state index contributed by atoms with van der Waals surface area (Å²) in [6.07, 6.45) is 1.23. The van der Waals surface area contributed by atoms with Gasteiger partial charge in [0.2, 0.25) is 0 Å². The highest BCUT2D eigenvalue weighted by molar-refractivity contribution is 4.82. The standard InChI is InChI=1S/C12H26N2O/c1-11(2)14(4)7-5-6-13-8-12(3)9-15-10-12/h11,13H,5-10H2,1-4H3. The van der Waals surface area contributed by atoms with Crippen LogP contribution in [0.15, 0.2) is 0 Å². The highest BCUT2D eigenvalue weighted by Gasteiger charge is 2.32. The van der Waals surface area contributed by atoms with Crippen molar-refractivity contribution in [3.63, 3.8) is 0 Å². The molecule has 0 saturated carbocycles. The van der Waals surface area contributed by atoms with Crippen molar-refractivity contribution in [3.8, 4) is 0 Å². The predicted octanol–water partition coefficient (Wildman–Crippen LogP) is 1.34. The van der Waals surface area contributed by atoms with Crippen LogP contribution in [0.5, 0.6) is 0 Å². The zero-order valence-electron chi connectivity index (χ0n) is 10.7. The monoisotopic (exact) mass is 214 g/mol. The average molecular weight is 214 g/mol. The van der Waals surface area contributed by atoms with Gasteiger partial charge in [0.15, 0.2) is 0 Å². The summed E-state index contributed by atoms with van der Waals surface area (Å²) in [5.41, 5.74) is 0.407. The van der Waals surface area contributed by atoms with Crippen molar-refractivity contribution in [1.82, 2.24) is 10.2 Å². The van der Waals surface area contributed by atoms with Crippen molar-refractivity contribution in [2.75, 3.05) is 39.9 Å². The van der Waals surface area contributed by atoms with Gasteiger partial charge in [-0.2, -0.15) is 0 Å². The van der Waals surface area contributed by atoms with Crippen molar-refractivity contribution in [3.05, 3.63) is 0 Å². The Hall–Kier alpha value is -0.120. The van der Waals surface area contributed by atoms with E-state index in [2.05, 4.69) is 38.0 Å². The molecule has 0 radical (unpaired) electrons. The van der Waals surface area contributed by atoms with Crippen LogP contribution < -0.4 is 5.32 Å². The van der Waals surface area contributed by atoms with E-state index < -0.39 is 0 Å². The molecule has 0 atom stereocenters. The van der Waals surface area contributed by atoms with Gasteiger partial charge in [-0.05, 0) is 40.4 Å². The fourth-order valence-electron chi connectivity index (χ4n) is 1.65. The van der Waals surface area contributed by atoms with E-state index in [1.54, 1.807) is 0 Å². The molecular formula is C12H26N2O. The highest BCUT2D eigenvalue weighted by Crippen LogP contribution is 2.24. The Bertz CT molecular complexity index is 178. The van der Waals surface area contributed by atoms with Crippen molar-refractivity contribution in [2.24, 2.45) is 5.41 Å². The maximum Gasteiger partial charge on any atom is 0.0554 e. The molecule has 15 heavy (non-hydrogen) atoms. The van der Waals surface area contributed by atoms with Crippen LogP contribution in [-0.4, -0.2) is 50.8 Å². The fraction of sp³-hybridized carbons (Fsp3) is 1.00. The molecule has 0 aromatic heterocycles. The van der Waals surface area contributed by atoms with Crippen molar-refractivity contribution in [1.29, 1.82) is 0 Å². The van der Waals surface area contributed by atoms with Gasteiger partial charge < -0.3 is 15.0 Å². The molecular weight excluding hydrogens is 188 g/mol. The van der Waals surface area contributed by atoms with E-state index in [4.69, 9.17) is 4.74 Å². The van der Waals surface area contributed by atoms with Crippen LogP contribution in [0, 0.1) is 5.41 Å². The number of nitrogens with zero attached hydrogens (tertiary/aromatic N) is 1. The van der Waals surface area contributed by atoms with Gasteiger partial charge in [-0.15, -0.1) is 0 Å². The number of hydrogen-bond donors (Lipinski definition) is 1. The lowest BCUT2D eigenvalue weighted by Crippen LogP contribution is -2.47. The van der Waals surface area contributed by atoms with Gasteiger partial charge in [0.05, 0.1) is 13.2 Å². The summed E-state index contributed by atoms with van der Waals surface area (Å²) in [5.74, 6) is 0. The molecule has 1 rings (SSSR count). The molecule has 0 aromatic rings. The van der Waals surface area contributed by atoms with Crippen LogP contribution in [-0.2, 0) is 4.74 Å². The van der Waals surface area contributed by atoms with Gasteiger partial charge in [-0.25, -0.2) is 0 Å². The molecule has 0 amide bonds. The molecule has 0 bridgehead atoms. The second-order valence-corrected chi connectivity index (χ2v) is 5.41. The summed E-state index contributed by atoms with van der Waals surface area (Å²) >= 11 is 0. The Morgan fingerprint density at radius 1 is 1.40 bits per heavy atom. The molecule has 3 heteroatoms. The van der Waals surface area contributed by atoms with Crippen LogP contribution in [0.2, 0.25) is 0 Å². The summed E-state index contributed by atoms with van der Waals surface area (Å²) in [6.45, 7) is 12.0. The summed E-state index contributed by atoms with van der Waals surface area (Å²) in [6, 6.07) is 0.655. The topological polar surface area (TPSA) is 24.5 Å². The third-order valence-electron chi connectivity index (χ3n) is 3.20. The Morgan fingerprint density at radius 2 is 2.07 bits per heavy atom. The minimum absolute atomic E-state index is 0.407. The molecule has 0 aromatic carbocycles. The van der Waals surface area contributed by atoms with Crippen LogP contribution in [0.1, 0.15) is 27.2 Å². The van der Waals surface area contributed by atoms with Crippen molar-refractivity contribution < 1.29 is 4.74 Å². The predicted molar refractivity (Wildman–Crippen MR) is 64.2 cm³/mol. The normalized spacial score (nSPS) is 19.6. The van der Waals surface area contributed by atoms with E-state index in [0.717, 1.165) is 26.3 Å². The molecule has 1 saturated heterocycles. The molecule has 1 fully saturated rings. The average Bonchev–Trinajstić information content (AvgIpc) is 2.14. The van der Waals surface area contributed by atoms with Crippen LogP contribution in [0.25, 0.3) is 0 Å². The number of nitrogens with one attached hydrogen (secondary N) is 1. The molecule has 0 spiro atoms. The Kier molecular flexibility index (Phi) is 5.03. The third kappa shape index (κ3) is 4.49. The molecule has 0 aliphatic carbocycles. The molecule has 1 heterocycles. The largest absolute Gasteiger partial charge is 0.380 e. The Balaban J connectivity index is 1.93. The summed E-state index contributed by atoms with van der Waals surface area (Å²) in [5, 5.41) is 3.52. The van der Waals surface area contributed by atoms with E-state index in [1.807, 2.05) is 0 Å². The lowest BCUT2D eigenvalue weighted by atomic mass is 9.89. The van der Waals surface area contributed by atoms with Gasteiger partial charge >= 0.3 is 0 Å². The molecule has 1 N–H and O–H groups in total. The number of rotatable bonds is 7.